The highest BCUT2D eigenvalue weighted by Crippen LogP contribution is 2.22. The van der Waals surface area contributed by atoms with E-state index in [0.29, 0.717) is 11.5 Å². The standard InChI is InChI=1S/C8H13NO3S/c1-6(10)7(11)9-8(2)4-13(3,12)5-8/h3-5H2,1-2H3,(H,9,11). The summed E-state index contributed by atoms with van der Waals surface area (Å²) in [7, 11) is -1.99. The minimum atomic E-state index is -1.99. The quantitative estimate of drug-likeness (QED) is 0.471. The lowest BCUT2D eigenvalue weighted by atomic mass is 10.1. The Hall–Kier alpha value is -0.840. The predicted molar refractivity (Wildman–Crippen MR) is 52.2 cm³/mol. The van der Waals surface area contributed by atoms with Crippen molar-refractivity contribution in [1.82, 2.24) is 5.32 Å². The van der Waals surface area contributed by atoms with Crippen LogP contribution in [0.5, 0.6) is 0 Å². The van der Waals surface area contributed by atoms with Gasteiger partial charge in [0.1, 0.15) is 0 Å². The van der Waals surface area contributed by atoms with Crippen molar-refractivity contribution in [2.24, 2.45) is 0 Å². The summed E-state index contributed by atoms with van der Waals surface area (Å²) in [5.74, 6) is 3.10. The summed E-state index contributed by atoms with van der Waals surface area (Å²) in [6, 6.07) is 0. The Kier molecular flexibility index (Phi) is 2.23. The second-order valence-corrected chi connectivity index (χ2v) is 6.33. The molecule has 0 bridgehead atoms. The SMILES string of the molecule is C=S1(=O)CC(C)(NC(=O)C(C)=O)C1. The van der Waals surface area contributed by atoms with Gasteiger partial charge < -0.3 is 5.32 Å². The van der Waals surface area contributed by atoms with Crippen LogP contribution in [0.1, 0.15) is 13.8 Å². The zero-order valence-electron chi connectivity index (χ0n) is 7.75. The van der Waals surface area contributed by atoms with E-state index < -0.39 is 26.8 Å². The first-order valence-electron chi connectivity index (χ1n) is 3.90. The Labute approximate surface area is 77.7 Å². The Balaban J connectivity index is 2.58. The molecule has 1 aliphatic heterocycles. The lowest BCUT2D eigenvalue weighted by Crippen LogP contribution is -2.64. The summed E-state index contributed by atoms with van der Waals surface area (Å²) in [5, 5.41) is 2.54. The highest BCUT2D eigenvalue weighted by atomic mass is 32.2. The Bertz CT molecular complexity index is 344. The number of carbonyl (C=O) groups is 2. The van der Waals surface area contributed by atoms with Crippen LogP contribution in [0.3, 0.4) is 0 Å². The summed E-state index contributed by atoms with van der Waals surface area (Å²) in [6.45, 7) is 2.97. The molecule has 0 aromatic carbocycles. The molecule has 1 saturated heterocycles. The second kappa shape index (κ2) is 2.83. The molecule has 13 heavy (non-hydrogen) atoms. The van der Waals surface area contributed by atoms with E-state index in [4.69, 9.17) is 0 Å². The van der Waals surface area contributed by atoms with Crippen LogP contribution in [0.4, 0.5) is 0 Å². The fraction of sp³-hybridized carbons (Fsp3) is 0.625. The molecule has 1 aliphatic rings. The molecule has 74 valence electrons. The first-order chi connectivity index (χ1) is 5.74. The molecule has 0 radical (unpaired) electrons. The average Bonchev–Trinajstić information content (AvgIpc) is 1.80. The minimum Gasteiger partial charge on any atom is -0.343 e. The van der Waals surface area contributed by atoms with Crippen molar-refractivity contribution in [2.45, 2.75) is 19.4 Å². The highest BCUT2D eigenvalue weighted by Gasteiger charge is 2.41. The van der Waals surface area contributed by atoms with Crippen molar-refractivity contribution in [3.8, 4) is 0 Å². The molecule has 0 atom stereocenters. The van der Waals surface area contributed by atoms with Crippen LogP contribution in [-0.2, 0) is 19.1 Å². The van der Waals surface area contributed by atoms with Crippen LogP contribution in [0.25, 0.3) is 0 Å². The smallest absolute Gasteiger partial charge is 0.287 e. The molecular formula is C8H13NO3S. The third-order valence-corrected chi connectivity index (χ3v) is 4.22. The van der Waals surface area contributed by atoms with Gasteiger partial charge in [-0.25, -0.2) is 0 Å². The molecule has 1 rings (SSSR count). The molecule has 0 saturated carbocycles. The number of rotatable bonds is 2. The van der Waals surface area contributed by atoms with E-state index in [9.17, 15) is 13.8 Å². The Morgan fingerprint density at radius 2 is 1.92 bits per heavy atom. The van der Waals surface area contributed by atoms with E-state index in [1.165, 1.54) is 6.92 Å². The predicted octanol–water partition coefficient (Wildman–Crippen LogP) is -0.820. The van der Waals surface area contributed by atoms with Gasteiger partial charge >= 0.3 is 0 Å². The molecule has 1 fully saturated rings. The first kappa shape index (κ1) is 10.2. The van der Waals surface area contributed by atoms with Crippen molar-refractivity contribution in [2.75, 3.05) is 11.5 Å². The Morgan fingerprint density at radius 3 is 2.23 bits per heavy atom. The van der Waals surface area contributed by atoms with Crippen molar-refractivity contribution in [3.63, 3.8) is 0 Å². The summed E-state index contributed by atoms with van der Waals surface area (Å²) in [4.78, 5) is 21.6. The normalized spacial score (nSPS) is 37.7. The number of Topliss-reactive ketones (excluding diaryl/α,β-unsaturated/α-hetero) is 1. The lowest BCUT2D eigenvalue weighted by Gasteiger charge is -2.41. The third kappa shape index (κ3) is 2.30. The van der Waals surface area contributed by atoms with Crippen molar-refractivity contribution >= 4 is 27.1 Å². The van der Waals surface area contributed by atoms with Gasteiger partial charge in [-0.05, 0) is 22.3 Å². The van der Waals surface area contributed by atoms with Gasteiger partial charge in [0.05, 0.1) is 5.54 Å². The number of hydrogen-bond acceptors (Lipinski definition) is 3. The summed E-state index contributed by atoms with van der Waals surface area (Å²) in [6.07, 6.45) is 0. The fourth-order valence-electron chi connectivity index (χ4n) is 1.55. The van der Waals surface area contributed by atoms with E-state index in [-0.39, 0.29) is 0 Å². The van der Waals surface area contributed by atoms with E-state index in [2.05, 4.69) is 11.2 Å². The van der Waals surface area contributed by atoms with Gasteiger partial charge in [-0.3, -0.25) is 13.8 Å². The monoisotopic (exact) mass is 203 g/mol. The second-order valence-electron chi connectivity index (χ2n) is 3.83. The molecule has 1 amide bonds. The molecule has 1 N–H and O–H groups in total. The van der Waals surface area contributed by atoms with Crippen LogP contribution < -0.4 is 5.32 Å². The largest absolute Gasteiger partial charge is 0.343 e. The molecule has 0 aromatic heterocycles. The number of hydrogen-bond donors (Lipinski definition) is 1. The fourth-order valence-corrected chi connectivity index (χ4v) is 3.94. The number of amides is 1. The van der Waals surface area contributed by atoms with Crippen LogP contribution >= 0.6 is 0 Å². The van der Waals surface area contributed by atoms with Gasteiger partial charge in [-0.1, -0.05) is 0 Å². The maximum atomic E-state index is 11.3. The van der Waals surface area contributed by atoms with Gasteiger partial charge in [0.25, 0.3) is 5.91 Å². The van der Waals surface area contributed by atoms with Crippen molar-refractivity contribution < 1.29 is 13.8 Å². The van der Waals surface area contributed by atoms with Gasteiger partial charge in [-0.15, -0.1) is 0 Å². The van der Waals surface area contributed by atoms with Crippen molar-refractivity contribution in [3.05, 3.63) is 0 Å². The van der Waals surface area contributed by atoms with Crippen molar-refractivity contribution in [1.29, 1.82) is 0 Å². The summed E-state index contributed by atoms with van der Waals surface area (Å²) < 4.78 is 11.3. The zero-order chi connectivity index (χ0) is 10.3. The first-order valence-corrected chi connectivity index (χ1v) is 5.96. The maximum Gasteiger partial charge on any atom is 0.287 e. The van der Waals surface area contributed by atoms with Crippen LogP contribution in [0.2, 0.25) is 0 Å². The molecule has 4 nitrogen and oxygen atoms in total. The van der Waals surface area contributed by atoms with E-state index in [0.717, 1.165) is 0 Å². The molecule has 5 heteroatoms. The minimum absolute atomic E-state index is 0.360. The van der Waals surface area contributed by atoms with Gasteiger partial charge in [0, 0.05) is 18.4 Å². The molecule has 1 heterocycles. The highest BCUT2D eigenvalue weighted by molar-refractivity contribution is 8.01. The van der Waals surface area contributed by atoms with E-state index in [1.807, 2.05) is 0 Å². The van der Waals surface area contributed by atoms with Gasteiger partial charge in [-0.2, -0.15) is 0 Å². The topological polar surface area (TPSA) is 63.2 Å². The van der Waals surface area contributed by atoms with Crippen LogP contribution in [0, 0.1) is 0 Å². The average molecular weight is 203 g/mol. The molecule has 0 aromatic rings. The molecule has 0 unspecified atom stereocenters. The molecule has 0 aliphatic carbocycles. The summed E-state index contributed by atoms with van der Waals surface area (Å²) in [5.41, 5.74) is -0.498. The number of nitrogens with one attached hydrogen (secondary N) is 1. The molecular weight excluding hydrogens is 190 g/mol. The van der Waals surface area contributed by atoms with Gasteiger partial charge in [0.2, 0.25) is 5.78 Å². The third-order valence-electron chi connectivity index (χ3n) is 1.90. The van der Waals surface area contributed by atoms with E-state index >= 15 is 0 Å². The molecule has 0 spiro atoms. The maximum absolute atomic E-state index is 11.3. The Morgan fingerprint density at radius 1 is 1.46 bits per heavy atom. The van der Waals surface area contributed by atoms with Gasteiger partial charge in [0.15, 0.2) is 0 Å². The zero-order valence-corrected chi connectivity index (χ0v) is 8.57. The lowest BCUT2D eigenvalue weighted by molar-refractivity contribution is -0.137. The van der Waals surface area contributed by atoms with Crippen LogP contribution in [-0.4, -0.2) is 38.8 Å². The number of ketones is 1. The summed E-state index contributed by atoms with van der Waals surface area (Å²) >= 11 is 0. The number of carbonyl (C=O) groups excluding carboxylic acids is 2. The van der Waals surface area contributed by atoms with E-state index in [1.54, 1.807) is 6.92 Å². The van der Waals surface area contributed by atoms with Crippen LogP contribution in [0.15, 0.2) is 0 Å².